The first-order valence-corrected chi connectivity index (χ1v) is 7.44. The molecule has 1 unspecified atom stereocenters. The fourth-order valence-corrected chi connectivity index (χ4v) is 2.61. The third-order valence-corrected chi connectivity index (χ3v) is 3.73. The maximum Gasteiger partial charge on any atom is 0.227 e. The molecule has 0 aromatic heterocycles. The molecule has 1 saturated heterocycles. The molecule has 1 fully saturated rings. The van der Waals surface area contributed by atoms with Crippen LogP contribution in [0, 0.1) is 5.82 Å². The van der Waals surface area contributed by atoms with Crippen molar-refractivity contribution in [1.82, 2.24) is 10.2 Å². The molecule has 1 aliphatic rings. The summed E-state index contributed by atoms with van der Waals surface area (Å²) < 4.78 is 12.8. The molecule has 1 aromatic rings. The minimum atomic E-state index is -0.261. The van der Waals surface area contributed by atoms with E-state index < -0.39 is 0 Å². The van der Waals surface area contributed by atoms with Gasteiger partial charge in [-0.15, -0.1) is 0 Å². The summed E-state index contributed by atoms with van der Waals surface area (Å²) in [5.41, 5.74) is 0.875. The Morgan fingerprint density at radius 1 is 1.40 bits per heavy atom. The van der Waals surface area contributed by atoms with Gasteiger partial charge in [-0.2, -0.15) is 0 Å². The van der Waals surface area contributed by atoms with Crippen LogP contribution in [-0.4, -0.2) is 36.5 Å². The number of amides is 1. The molecule has 0 aliphatic carbocycles. The Kier molecular flexibility index (Phi) is 5.53. The zero-order valence-electron chi connectivity index (χ0n) is 12.1. The largest absolute Gasteiger partial charge is 0.341 e. The van der Waals surface area contributed by atoms with Gasteiger partial charge in [0.2, 0.25) is 5.91 Å². The molecule has 1 amide bonds. The van der Waals surface area contributed by atoms with E-state index in [9.17, 15) is 9.18 Å². The first-order valence-electron chi connectivity index (χ1n) is 7.44. The summed E-state index contributed by atoms with van der Waals surface area (Å²) in [6.07, 6.45) is 3.66. The molecule has 4 heteroatoms. The summed E-state index contributed by atoms with van der Waals surface area (Å²) in [4.78, 5) is 14.2. The van der Waals surface area contributed by atoms with Gasteiger partial charge >= 0.3 is 0 Å². The summed E-state index contributed by atoms with van der Waals surface area (Å²) in [5.74, 6) is -0.123. The molecule has 1 atom stereocenters. The first-order chi connectivity index (χ1) is 9.69. The standard InChI is InChI=1S/C16H23FN2O/c1-2-9-18-15-4-3-10-19(12-15)16(20)11-13-5-7-14(17)8-6-13/h5-8,15,18H,2-4,9-12H2,1H3. The van der Waals surface area contributed by atoms with Crippen LogP contribution in [0.1, 0.15) is 31.7 Å². The van der Waals surface area contributed by atoms with Crippen LogP contribution in [0.15, 0.2) is 24.3 Å². The SMILES string of the molecule is CCCNC1CCCN(C(=O)Cc2ccc(F)cc2)C1. The molecule has 110 valence electrons. The Balaban J connectivity index is 1.86. The summed E-state index contributed by atoms with van der Waals surface area (Å²) in [6.45, 7) is 4.78. The molecule has 0 spiro atoms. The van der Waals surface area contributed by atoms with E-state index in [2.05, 4.69) is 12.2 Å². The number of nitrogens with zero attached hydrogens (tertiary/aromatic N) is 1. The quantitative estimate of drug-likeness (QED) is 0.896. The van der Waals surface area contributed by atoms with Crippen LogP contribution in [-0.2, 0) is 11.2 Å². The van der Waals surface area contributed by atoms with Crippen molar-refractivity contribution in [1.29, 1.82) is 0 Å². The van der Waals surface area contributed by atoms with Crippen molar-refractivity contribution >= 4 is 5.91 Å². The number of carbonyl (C=O) groups is 1. The second-order valence-corrected chi connectivity index (χ2v) is 5.44. The molecule has 3 nitrogen and oxygen atoms in total. The van der Waals surface area contributed by atoms with E-state index in [-0.39, 0.29) is 11.7 Å². The molecule has 1 heterocycles. The molecule has 0 radical (unpaired) electrons. The van der Waals surface area contributed by atoms with Crippen LogP contribution in [0.25, 0.3) is 0 Å². The van der Waals surface area contributed by atoms with Crippen LogP contribution < -0.4 is 5.32 Å². The van der Waals surface area contributed by atoms with Crippen molar-refractivity contribution in [2.24, 2.45) is 0 Å². The van der Waals surface area contributed by atoms with Crippen LogP contribution in [0.2, 0.25) is 0 Å². The van der Waals surface area contributed by atoms with E-state index >= 15 is 0 Å². The molecule has 1 N–H and O–H groups in total. The highest BCUT2D eigenvalue weighted by Crippen LogP contribution is 2.13. The molecule has 0 saturated carbocycles. The third-order valence-electron chi connectivity index (χ3n) is 3.73. The highest BCUT2D eigenvalue weighted by atomic mass is 19.1. The van der Waals surface area contributed by atoms with E-state index in [1.807, 2.05) is 4.90 Å². The monoisotopic (exact) mass is 278 g/mol. The fourth-order valence-electron chi connectivity index (χ4n) is 2.61. The summed E-state index contributed by atoms with van der Waals surface area (Å²) in [6, 6.07) is 6.60. The van der Waals surface area contributed by atoms with Crippen molar-refractivity contribution in [2.45, 2.75) is 38.6 Å². The molecule has 1 aromatic carbocycles. The van der Waals surface area contributed by atoms with Gasteiger partial charge in [-0.25, -0.2) is 4.39 Å². The van der Waals surface area contributed by atoms with Gasteiger partial charge in [0.05, 0.1) is 6.42 Å². The maximum absolute atomic E-state index is 12.8. The number of likely N-dealkylation sites (tertiary alicyclic amines) is 1. The van der Waals surface area contributed by atoms with E-state index in [0.29, 0.717) is 12.5 Å². The Labute approximate surface area is 120 Å². The van der Waals surface area contributed by atoms with Gasteiger partial charge in [0.1, 0.15) is 5.82 Å². The highest BCUT2D eigenvalue weighted by Gasteiger charge is 2.22. The molecular formula is C16H23FN2O. The predicted molar refractivity (Wildman–Crippen MR) is 78.0 cm³/mol. The van der Waals surface area contributed by atoms with E-state index in [1.165, 1.54) is 12.1 Å². The van der Waals surface area contributed by atoms with Crippen LogP contribution in [0.3, 0.4) is 0 Å². The number of hydrogen-bond donors (Lipinski definition) is 1. The summed E-state index contributed by atoms with van der Waals surface area (Å²) in [7, 11) is 0. The van der Waals surface area contributed by atoms with E-state index in [1.54, 1.807) is 12.1 Å². The topological polar surface area (TPSA) is 32.3 Å². The van der Waals surface area contributed by atoms with Crippen molar-refractivity contribution in [3.05, 3.63) is 35.6 Å². The van der Waals surface area contributed by atoms with Gasteiger partial charge < -0.3 is 10.2 Å². The fraction of sp³-hybridized carbons (Fsp3) is 0.562. The zero-order valence-corrected chi connectivity index (χ0v) is 12.1. The third kappa shape index (κ3) is 4.30. The Hall–Kier alpha value is -1.42. The molecule has 2 rings (SSSR count). The smallest absolute Gasteiger partial charge is 0.227 e. The first kappa shape index (κ1) is 15.0. The van der Waals surface area contributed by atoms with Crippen molar-refractivity contribution in [3.8, 4) is 0 Å². The van der Waals surface area contributed by atoms with Gasteiger partial charge in [0, 0.05) is 19.1 Å². The lowest BCUT2D eigenvalue weighted by Gasteiger charge is -2.33. The van der Waals surface area contributed by atoms with Crippen molar-refractivity contribution < 1.29 is 9.18 Å². The van der Waals surface area contributed by atoms with Gasteiger partial charge in [0.25, 0.3) is 0 Å². The number of hydrogen-bond acceptors (Lipinski definition) is 2. The summed E-state index contributed by atoms with van der Waals surface area (Å²) in [5, 5.41) is 3.48. The number of piperidine rings is 1. The summed E-state index contributed by atoms with van der Waals surface area (Å²) >= 11 is 0. The Morgan fingerprint density at radius 2 is 2.15 bits per heavy atom. The zero-order chi connectivity index (χ0) is 14.4. The lowest BCUT2D eigenvalue weighted by Crippen LogP contribution is -2.48. The van der Waals surface area contributed by atoms with Crippen molar-refractivity contribution in [2.75, 3.05) is 19.6 Å². The van der Waals surface area contributed by atoms with Gasteiger partial charge in [-0.05, 0) is 43.5 Å². The van der Waals surface area contributed by atoms with Crippen LogP contribution in [0.5, 0.6) is 0 Å². The number of benzene rings is 1. The lowest BCUT2D eigenvalue weighted by molar-refractivity contribution is -0.131. The maximum atomic E-state index is 12.8. The van der Waals surface area contributed by atoms with Gasteiger partial charge in [-0.3, -0.25) is 4.79 Å². The van der Waals surface area contributed by atoms with E-state index in [0.717, 1.165) is 44.5 Å². The number of nitrogens with one attached hydrogen (secondary N) is 1. The molecule has 20 heavy (non-hydrogen) atoms. The average Bonchev–Trinajstić information content (AvgIpc) is 2.48. The van der Waals surface area contributed by atoms with E-state index in [4.69, 9.17) is 0 Å². The van der Waals surface area contributed by atoms with Gasteiger partial charge in [0.15, 0.2) is 0 Å². The molecular weight excluding hydrogens is 255 g/mol. The second-order valence-electron chi connectivity index (χ2n) is 5.44. The van der Waals surface area contributed by atoms with Crippen molar-refractivity contribution in [3.63, 3.8) is 0 Å². The Morgan fingerprint density at radius 3 is 2.85 bits per heavy atom. The number of halogens is 1. The predicted octanol–water partition coefficient (Wildman–Crippen LogP) is 2.36. The van der Waals surface area contributed by atoms with Gasteiger partial charge in [-0.1, -0.05) is 19.1 Å². The minimum Gasteiger partial charge on any atom is -0.341 e. The minimum absolute atomic E-state index is 0.139. The molecule has 1 aliphatic heterocycles. The van der Waals surface area contributed by atoms with Crippen LogP contribution in [0.4, 0.5) is 4.39 Å². The van der Waals surface area contributed by atoms with Crippen LogP contribution >= 0.6 is 0 Å². The lowest BCUT2D eigenvalue weighted by atomic mass is 10.0. The normalized spacial score (nSPS) is 19.1. The second kappa shape index (κ2) is 7.39. The highest BCUT2D eigenvalue weighted by molar-refractivity contribution is 5.78. The Bertz CT molecular complexity index is 433. The molecule has 0 bridgehead atoms. The number of carbonyl (C=O) groups excluding carboxylic acids is 1. The number of rotatable bonds is 5. The average molecular weight is 278 g/mol.